The maximum absolute atomic E-state index is 13.4. The Bertz CT molecular complexity index is 1180. The first-order chi connectivity index (χ1) is 15.3. The average molecular weight is 471 g/mol. The Labute approximate surface area is 195 Å². The van der Waals surface area contributed by atoms with E-state index in [1.54, 1.807) is 24.3 Å². The first-order valence-electron chi connectivity index (χ1n) is 10.4. The van der Waals surface area contributed by atoms with Crippen LogP contribution in [-0.4, -0.2) is 27.4 Å². The van der Waals surface area contributed by atoms with Gasteiger partial charge in [-0.25, -0.2) is 8.42 Å². The molecule has 0 aliphatic carbocycles. The van der Waals surface area contributed by atoms with Crippen LogP contribution < -0.4 is 9.62 Å². The summed E-state index contributed by atoms with van der Waals surface area (Å²) in [5.74, 6) is -0.358. The van der Waals surface area contributed by atoms with E-state index in [-0.39, 0.29) is 17.3 Å². The minimum absolute atomic E-state index is 0.145. The third kappa shape index (κ3) is 5.90. The first-order valence-corrected chi connectivity index (χ1v) is 12.3. The van der Waals surface area contributed by atoms with Crippen molar-refractivity contribution in [3.63, 3.8) is 0 Å². The topological polar surface area (TPSA) is 66.5 Å². The molecule has 0 fully saturated rings. The van der Waals surface area contributed by atoms with Crippen molar-refractivity contribution in [2.45, 2.75) is 31.6 Å². The number of halogens is 1. The van der Waals surface area contributed by atoms with E-state index in [1.807, 2.05) is 50.2 Å². The van der Waals surface area contributed by atoms with Crippen LogP contribution in [0.2, 0.25) is 5.02 Å². The number of sulfonamides is 1. The number of nitrogens with zero attached hydrogens (tertiary/aromatic N) is 1. The van der Waals surface area contributed by atoms with E-state index >= 15 is 0 Å². The molecule has 0 saturated heterocycles. The molecule has 5 nitrogen and oxygen atoms in total. The fraction of sp³-hybridized carbons (Fsp3) is 0.240. The van der Waals surface area contributed by atoms with Gasteiger partial charge in [-0.3, -0.25) is 9.10 Å². The van der Waals surface area contributed by atoms with Gasteiger partial charge in [0, 0.05) is 11.6 Å². The Balaban J connectivity index is 1.74. The number of carbonyl (C=O) groups is 1. The highest BCUT2D eigenvalue weighted by molar-refractivity contribution is 7.92. The van der Waals surface area contributed by atoms with Crippen molar-refractivity contribution < 1.29 is 13.2 Å². The quantitative estimate of drug-likeness (QED) is 0.452. The Hall–Kier alpha value is -2.83. The lowest BCUT2D eigenvalue weighted by Gasteiger charge is -2.26. The van der Waals surface area contributed by atoms with Crippen molar-refractivity contribution in [1.82, 2.24) is 5.32 Å². The van der Waals surface area contributed by atoms with Crippen LogP contribution in [0.1, 0.15) is 23.1 Å². The van der Waals surface area contributed by atoms with Gasteiger partial charge in [-0.05, 0) is 62.1 Å². The SMILES string of the molecule is Cc1ccc(N(CC(=O)NCCCc2ccccc2Cl)S(=O)(=O)c2ccccc2)c(C)c1. The molecule has 0 heterocycles. The average Bonchev–Trinajstić information content (AvgIpc) is 2.77. The first kappa shape index (κ1) is 23.8. The van der Waals surface area contributed by atoms with Crippen LogP contribution in [0.3, 0.4) is 0 Å². The highest BCUT2D eigenvalue weighted by Gasteiger charge is 2.28. The smallest absolute Gasteiger partial charge is 0.264 e. The fourth-order valence-electron chi connectivity index (χ4n) is 3.50. The molecule has 1 N–H and O–H groups in total. The van der Waals surface area contributed by atoms with E-state index in [0.29, 0.717) is 23.7 Å². The van der Waals surface area contributed by atoms with E-state index < -0.39 is 10.0 Å². The van der Waals surface area contributed by atoms with Gasteiger partial charge in [0.25, 0.3) is 10.0 Å². The molecule has 3 aromatic carbocycles. The Morgan fingerprint density at radius 1 is 0.969 bits per heavy atom. The van der Waals surface area contributed by atoms with E-state index in [0.717, 1.165) is 23.1 Å². The Kier molecular flexibility index (Phi) is 7.94. The Morgan fingerprint density at radius 3 is 2.34 bits per heavy atom. The molecule has 0 aromatic heterocycles. The number of amides is 1. The molecule has 7 heteroatoms. The summed E-state index contributed by atoms with van der Waals surface area (Å²) < 4.78 is 28.0. The highest BCUT2D eigenvalue weighted by Crippen LogP contribution is 2.27. The van der Waals surface area contributed by atoms with E-state index in [2.05, 4.69) is 5.32 Å². The van der Waals surface area contributed by atoms with Crippen LogP contribution in [0.4, 0.5) is 5.69 Å². The zero-order valence-corrected chi connectivity index (χ0v) is 19.8. The van der Waals surface area contributed by atoms with Crippen LogP contribution in [0.25, 0.3) is 0 Å². The van der Waals surface area contributed by atoms with E-state index in [4.69, 9.17) is 11.6 Å². The van der Waals surface area contributed by atoms with Crippen LogP contribution in [-0.2, 0) is 21.2 Å². The number of carbonyl (C=O) groups excluding carboxylic acids is 1. The normalized spacial score (nSPS) is 11.2. The highest BCUT2D eigenvalue weighted by atomic mass is 35.5. The van der Waals surface area contributed by atoms with Gasteiger partial charge in [0.1, 0.15) is 6.54 Å². The van der Waals surface area contributed by atoms with Gasteiger partial charge in [0.05, 0.1) is 10.6 Å². The van der Waals surface area contributed by atoms with E-state index in [9.17, 15) is 13.2 Å². The second-order valence-corrected chi connectivity index (χ2v) is 9.93. The number of nitrogens with one attached hydrogen (secondary N) is 1. The minimum atomic E-state index is -3.91. The van der Waals surface area contributed by atoms with Gasteiger partial charge in [0.2, 0.25) is 5.91 Å². The standard InChI is InChI=1S/C25H27ClN2O3S/c1-19-14-15-24(20(2)17-19)28(32(30,31)22-11-4-3-5-12-22)18-25(29)27-16-8-10-21-9-6-7-13-23(21)26/h3-7,9,11-15,17H,8,10,16,18H2,1-2H3,(H,27,29). The van der Waals surface area contributed by atoms with Gasteiger partial charge in [-0.2, -0.15) is 0 Å². The van der Waals surface area contributed by atoms with Crippen molar-refractivity contribution in [2.75, 3.05) is 17.4 Å². The molecule has 32 heavy (non-hydrogen) atoms. The molecule has 0 aliphatic rings. The summed E-state index contributed by atoms with van der Waals surface area (Å²) in [5.41, 5.74) is 3.32. The monoisotopic (exact) mass is 470 g/mol. The molecule has 1 amide bonds. The summed E-state index contributed by atoms with van der Waals surface area (Å²) in [6, 6.07) is 21.3. The molecular formula is C25H27ClN2O3S. The lowest BCUT2D eigenvalue weighted by atomic mass is 10.1. The summed E-state index contributed by atoms with van der Waals surface area (Å²) in [6.45, 7) is 3.92. The molecular weight excluding hydrogens is 444 g/mol. The third-order valence-corrected chi connectivity index (χ3v) is 7.28. The number of rotatable bonds is 9. The van der Waals surface area contributed by atoms with Crippen LogP contribution in [0.5, 0.6) is 0 Å². The zero-order chi connectivity index (χ0) is 23.1. The predicted molar refractivity (Wildman–Crippen MR) is 130 cm³/mol. The second kappa shape index (κ2) is 10.7. The summed E-state index contributed by atoms with van der Waals surface area (Å²) in [7, 11) is -3.91. The second-order valence-electron chi connectivity index (χ2n) is 7.66. The number of hydrogen-bond acceptors (Lipinski definition) is 3. The number of aryl methyl sites for hydroxylation is 3. The summed E-state index contributed by atoms with van der Waals surface area (Å²) in [4.78, 5) is 12.9. The third-order valence-electron chi connectivity index (χ3n) is 5.14. The Morgan fingerprint density at radius 2 is 1.66 bits per heavy atom. The summed E-state index contributed by atoms with van der Waals surface area (Å²) in [5, 5.41) is 3.54. The number of hydrogen-bond donors (Lipinski definition) is 1. The molecule has 0 atom stereocenters. The van der Waals surface area contributed by atoms with Gasteiger partial charge in [0.15, 0.2) is 0 Å². The van der Waals surface area contributed by atoms with Crippen LogP contribution >= 0.6 is 11.6 Å². The van der Waals surface area contributed by atoms with Crippen LogP contribution in [0, 0.1) is 13.8 Å². The van der Waals surface area contributed by atoms with Gasteiger partial charge < -0.3 is 5.32 Å². The number of benzene rings is 3. The van der Waals surface area contributed by atoms with Crippen LogP contribution in [0.15, 0.2) is 77.7 Å². The van der Waals surface area contributed by atoms with Crippen molar-refractivity contribution >= 4 is 33.2 Å². The molecule has 0 aliphatic heterocycles. The van der Waals surface area contributed by atoms with Crippen molar-refractivity contribution in [2.24, 2.45) is 0 Å². The molecule has 0 spiro atoms. The van der Waals surface area contributed by atoms with Gasteiger partial charge in [-0.1, -0.05) is 65.7 Å². The van der Waals surface area contributed by atoms with Gasteiger partial charge in [-0.15, -0.1) is 0 Å². The van der Waals surface area contributed by atoms with Crippen molar-refractivity contribution in [3.05, 3.63) is 94.5 Å². The molecule has 0 bridgehead atoms. The fourth-order valence-corrected chi connectivity index (χ4v) is 5.24. The molecule has 0 unspecified atom stereocenters. The summed E-state index contributed by atoms with van der Waals surface area (Å²) in [6.07, 6.45) is 1.42. The van der Waals surface area contributed by atoms with E-state index in [1.165, 1.54) is 16.4 Å². The number of anilines is 1. The zero-order valence-electron chi connectivity index (χ0n) is 18.2. The maximum Gasteiger partial charge on any atom is 0.264 e. The molecule has 3 rings (SSSR count). The van der Waals surface area contributed by atoms with Crippen molar-refractivity contribution in [3.8, 4) is 0 Å². The van der Waals surface area contributed by atoms with Crippen molar-refractivity contribution in [1.29, 1.82) is 0 Å². The lowest BCUT2D eigenvalue weighted by Crippen LogP contribution is -2.41. The molecule has 0 saturated carbocycles. The summed E-state index contributed by atoms with van der Waals surface area (Å²) >= 11 is 6.18. The maximum atomic E-state index is 13.4. The molecule has 168 valence electrons. The predicted octanol–water partition coefficient (Wildman–Crippen LogP) is 4.90. The lowest BCUT2D eigenvalue weighted by molar-refractivity contribution is -0.119. The molecule has 0 radical (unpaired) electrons. The van der Waals surface area contributed by atoms with Gasteiger partial charge >= 0.3 is 0 Å². The molecule has 3 aromatic rings. The minimum Gasteiger partial charge on any atom is -0.355 e. The largest absolute Gasteiger partial charge is 0.355 e.